The van der Waals surface area contributed by atoms with E-state index in [4.69, 9.17) is 0 Å². The lowest BCUT2D eigenvalue weighted by molar-refractivity contribution is 0.0937. The van der Waals surface area contributed by atoms with Gasteiger partial charge in [0, 0.05) is 17.8 Å². The Morgan fingerprint density at radius 3 is 2.75 bits per heavy atom. The number of hydrogen-bond acceptors (Lipinski definition) is 5. The minimum atomic E-state index is -3.63. The van der Waals surface area contributed by atoms with Crippen LogP contribution in [0, 0.1) is 6.92 Å². The zero-order valence-electron chi connectivity index (χ0n) is 15.6. The molecule has 2 aromatic heterocycles. The van der Waals surface area contributed by atoms with Crippen molar-refractivity contribution < 1.29 is 13.2 Å². The van der Waals surface area contributed by atoms with Crippen LogP contribution in [0.4, 0.5) is 0 Å². The molecule has 0 radical (unpaired) electrons. The summed E-state index contributed by atoms with van der Waals surface area (Å²) in [7, 11) is -3.63. The van der Waals surface area contributed by atoms with E-state index >= 15 is 0 Å². The van der Waals surface area contributed by atoms with E-state index in [1.165, 1.54) is 12.1 Å². The molecule has 0 saturated heterocycles. The number of nitrogens with one attached hydrogen (secondary N) is 2. The van der Waals surface area contributed by atoms with Crippen molar-refractivity contribution in [1.82, 2.24) is 24.6 Å². The summed E-state index contributed by atoms with van der Waals surface area (Å²) in [5.74, 6) is 0.238. The monoisotopic (exact) mass is 399 g/mol. The Morgan fingerprint density at radius 1 is 1.21 bits per heavy atom. The van der Waals surface area contributed by atoms with Crippen LogP contribution in [0.15, 0.2) is 47.5 Å². The quantitative estimate of drug-likeness (QED) is 0.659. The summed E-state index contributed by atoms with van der Waals surface area (Å²) in [6, 6.07) is 9.74. The van der Waals surface area contributed by atoms with Crippen LogP contribution < -0.4 is 10.0 Å². The Bertz CT molecular complexity index is 1150. The van der Waals surface area contributed by atoms with Crippen LogP contribution in [0.2, 0.25) is 0 Å². The van der Waals surface area contributed by atoms with Crippen molar-refractivity contribution in [1.29, 1.82) is 0 Å². The fourth-order valence-corrected chi connectivity index (χ4v) is 4.33. The molecular weight excluding hydrogens is 378 g/mol. The average Bonchev–Trinajstić information content (AvgIpc) is 3.35. The third-order valence-corrected chi connectivity index (χ3v) is 6.26. The molecule has 1 aliphatic carbocycles. The number of aryl methyl sites for hydroxylation is 1. The third-order valence-electron chi connectivity index (χ3n) is 4.74. The molecule has 1 aromatic carbocycles. The van der Waals surface area contributed by atoms with E-state index in [-0.39, 0.29) is 16.8 Å². The molecule has 0 aliphatic heterocycles. The van der Waals surface area contributed by atoms with Crippen molar-refractivity contribution in [3.05, 3.63) is 59.5 Å². The number of carbonyl (C=O) groups is 1. The van der Waals surface area contributed by atoms with Crippen molar-refractivity contribution in [2.75, 3.05) is 0 Å². The molecule has 1 amide bonds. The molecule has 0 spiro atoms. The van der Waals surface area contributed by atoms with E-state index in [9.17, 15) is 13.2 Å². The van der Waals surface area contributed by atoms with Gasteiger partial charge in [0.25, 0.3) is 5.91 Å². The second-order valence-corrected chi connectivity index (χ2v) is 8.77. The van der Waals surface area contributed by atoms with Crippen molar-refractivity contribution in [3.63, 3.8) is 0 Å². The molecule has 2 heterocycles. The molecule has 3 aromatic rings. The van der Waals surface area contributed by atoms with Gasteiger partial charge in [0.1, 0.15) is 0 Å². The molecule has 2 N–H and O–H groups in total. The Balaban J connectivity index is 1.58. The second kappa shape index (κ2) is 6.99. The van der Waals surface area contributed by atoms with E-state index in [1.807, 2.05) is 31.3 Å². The predicted octanol–water partition coefficient (Wildman–Crippen LogP) is 1.97. The Labute approximate surface area is 163 Å². The standard InChI is InChI=1S/C19H21N5O3S/c1-12-6-9-15(28(26,27)23-14-7-8-14)11-16(12)19(25)20-13(2)18-22-21-17-5-3-4-10-24(17)18/h3-6,9-11,13-14,23H,7-8H2,1-2H3,(H,20,25). The SMILES string of the molecule is Cc1ccc(S(=O)(=O)NC2CC2)cc1C(=O)NC(C)c1nnc2ccccn12. The highest BCUT2D eigenvalue weighted by Gasteiger charge is 2.28. The molecule has 1 aliphatic rings. The van der Waals surface area contributed by atoms with Crippen LogP contribution in [0.5, 0.6) is 0 Å². The summed E-state index contributed by atoms with van der Waals surface area (Å²) in [6.45, 7) is 3.59. The Kier molecular flexibility index (Phi) is 4.64. The molecule has 1 fully saturated rings. The number of pyridine rings is 1. The van der Waals surface area contributed by atoms with Crippen LogP contribution in [-0.2, 0) is 10.0 Å². The van der Waals surface area contributed by atoms with Crippen molar-refractivity contribution in [3.8, 4) is 0 Å². The number of fused-ring (bicyclic) bond motifs is 1. The van der Waals surface area contributed by atoms with Gasteiger partial charge in [-0.15, -0.1) is 10.2 Å². The number of nitrogens with zero attached hydrogens (tertiary/aromatic N) is 3. The number of hydrogen-bond donors (Lipinski definition) is 2. The van der Waals surface area contributed by atoms with E-state index in [0.29, 0.717) is 22.6 Å². The fraction of sp³-hybridized carbons (Fsp3) is 0.316. The molecule has 9 heteroatoms. The van der Waals surface area contributed by atoms with Crippen molar-refractivity contribution in [2.24, 2.45) is 0 Å². The number of aromatic nitrogens is 3. The summed E-state index contributed by atoms with van der Waals surface area (Å²) in [6.07, 6.45) is 3.53. The van der Waals surface area contributed by atoms with E-state index in [0.717, 1.165) is 12.8 Å². The van der Waals surface area contributed by atoms with Crippen LogP contribution in [0.1, 0.15) is 47.6 Å². The zero-order valence-corrected chi connectivity index (χ0v) is 16.4. The largest absolute Gasteiger partial charge is 0.342 e. The van der Waals surface area contributed by atoms with Gasteiger partial charge in [-0.2, -0.15) is 0 Å². The molecule has 4 rings (SSSR count). The highest BCUT2D eigenvalue weighted by molar-refractivity contribution is 7.89. The van der Waals surface area contributed by atoms with Gasteiger partial charge in [-0.3, -0.25) is 9.20 Å². The molecular formula is C19H21N5O3S. The van der Waals surface area contributed by atoms with Gasteiger partial charge in [0.05, 0.1) is 10.9 Å². The lowest BCUT2D eigenvalue weighted by Gasteiger charge is -2.15. The second-order valence-electron chi connectivity index (χ2n) is 7.05. The van der Waals surface area contributed by atoms with Gasteiger partial charge >= 0.3 is 0 Å². The molecule has 146 valence electrons. The molecule has 8 nitrogen and oxygen atoms in total. The van der Waals surface area contributed by atoms with Crippen LogP contribution in [0.25, 0.3) is 5.65 Å². The van der Waals surface area contributed by atoms with E-state index < -0.39 is 16.1 Å². The van der Waals surface area contributed by atoms with E-state index in [1.54, 1.807) is 17.4 Å². The molecule has 28 heavy (non-hydrogen) atoms. The summed E-state index contributed by atoms with van der Waals surface area (Å²) < 4.78 is 29.4. The topological polar surface area (TPSA) is 105 Å². The summed E-state index contributed by atoms with van der Waals surface area (Å²) in [5.41, 5.74) is 1.70. The maximum atomic E-state index is 12.8. The Morgan fingerprint density at radius 2 is 2.00 bits per heavy atom. The molecule has 0 bridgehead atoms. The van der Waals surface area contributed by atoms with Crippen molar-refractivity contribution >= 4 is 21.6 Å². The van der Waals surface area contributed by atoms with E-state index in [2.05, 4.69) is 20.2 Å². The maximum absolute atomic E-state index is 12.8. The van der Waals surface area contributed by atoms with Crippen LogP contribution in [0.3, 0.4) is 0 Å². The first-order chi connectivity index (χ1) is 13.3. The van der Waals surface area contributed by atoms with Gasteiger partial charge in [0.15, 0.2) is 11.5 Å². The third kappa shape index (κ3) is 3.63. The number of amides is 1. The van der Waals surface area contributed by atoms with Crippen molar-refractivity contribution in [2.45, 2.75) is 43.7 Å². The summed E-state index contributed by atoms with van der Waals surface area (Å²) in [4.78, 5) is 12.9. The molecule has 1 unspecified atom stereocenters. The zero-order chi connectivity index (χ0) is 19.9. The first kappa shape index (κ1) is 18.6. The first-order valence-electron chi connectivity index (χ1n) is 9.08. The lowest BCUT2D eigenvalue weighted by atomic mass is 10.1. The predicted molar refractivity (Wildman–Crippen MR) is 103 cm³/mol. The van der Waals surface area contributed by atoms with Gasteiger partial charge < -0.3 is 5.32 Å². The number of benzene rings is 1. The van der Waals surface area contributed by atoms with Gasteiger partial charge in [-0.1, -0.05) is 12.1 Å². The average molecular weight is 399 g/mol. The lowest BCUT2D eigenvalue weighted by Crippen LogP contribution is -2.29. The fourth-order valence-electron chi connectivity index (χ4n) is 3.00. The van der Waals surface area contributed by atoms with Crippen LogP contribution in [-0.4, -0.2) is 35.0 Å². The minimum Gasteiger partial charge on any atom is -0.342 e. The number of rotatable bonds is 6. The van der Waals surface area contributed by atoms with Gasteiger partial charge in [-0.05, 0) is 56.5 Å². The number of sulfonamides is 1. The van der Waals surface area contributed by atoms with Crippen LogP contribution >= 0.6 is 0 Å². The maximum Gasteiger partial charge on any atom is 0.252 e. The Hall–Kier alpha value is -2.78. The number of carbonyl (C=O) groups excluding carboxylic acids is 1. The highest BCUT2D eigenvalue weighted by Crippen LogP contribution is 2.23. The summed E-state index contributed by atoms with van der Waals surface area (Å²) in [5, 5.41) is 11.1. The molecule has 1 saturated carbocycles. The minimum absolute atomic E-state index is 0.00447. The van der Waals surface area contributed by atoms with Gasteiger partial charge in [-0.25, -0.2) is 13.1 Å². The highest BCUT2D eigenvalue weighted by atomic mass is 32.2. The normalized spacial score (nSPS) is 15.5. The van der Waals surface area contributed by atoms with Gasteiger partial charge in [0.2, 0.25) is 10.0 Å². The molecule has 1 atom stereocenters. The first-order valence-corrected chi connectivity index (χ1v) is 10.6. The summed E-state index contributed by atoms with van der Waals surface area (Å²) >= 11 is 0. The smallest absolute Gasteiger partial charge is 0.252 e.